The topological polar surface area (TPSA) is 85.4 Å². The number of thiazole rings is 1. The van der Waals surface area contributed by atoms with E-state index in [0.29, 0.717) is 17.8 Å². The zero-order valence-corrected chi connectivity index (χ0v) is 18.2. The number of carbonyl (C=O) groups excluding carboxylic acids is 3. The van der Waals surface area contributed by atoms with E-state index in [0.717, 1.165) is 28.3 Å². The zero-order chi connectivity index (χ0) is 21.3. The number of aryl methyl sites for hydroxylation is 1. The van der Waals surface area contributed by atoms with Crippen LogP contribution in [0.3, 0.4) is 0 Å². The highest BCUT2D eigenvalue weighted by atomic mass is 32.1. The maximum absolute atomic E-state index is 12.3. The number of hydrogen-bond acceptors (Lipinski definition) is 7. The second kappa shape index (κ2) is 10.8. The van der Waals surface area contributed by atoms with Gasteiger partial charge in [0.15, 0.2) is 12.4 Å². The molecule has 1 amide bonds. The molecular weight excluding hydrogens is 420 g/mol. The van der Waals surface area contributed by atoms with Gasteiger partial charge in [-0.2, -0.15) is 0 Å². The number of carbonyl (C=O) groups is 3. The van der Waals surface area contributed by atoms with Crippen molar-refractivity contribution in [1.82, 2.24) is 10.3 Å². The van der Waals surface area contributed by atoms with Gasteiger partial charge in [-0.3, -0.25) is 14.4 Å². The van der Waals surface area contributed by atoms with E-state index in [1.54, 1.807) is 23.5 Å². The predicted molar refractivity (Wildman–Crippen MR) is 118 cm³/mol. The van der Waals surface area contributed by atoms with Gasteiger partial charge in [0.25, 0.3) is 0 Å². The van der Waals surface area contributed by atoms with Crippen molar-refractivity contribution in [3.63, 3.8) is 0 Å². The Labute approximate surface area is 182 Å². The Bertz CT molecular complexity index is 995. The van der Waals surface area contributed by atoms with Crippen LogP contribution in [0.4, 0.5) is 0 Å². The highest BCUT2D eigenvalue weighted by Gasteiger charge is 2.13. The van der Waals surface area contributed by atoms with E-state index in [1.807, 2.05) is 35.0 Å². The lowest BCUT2D eigenvalue weighted by atomic mass is 10.1. The summed E-state index contributed by atoms with van der Waals surface area (Å²) in [5.74, 6) is -0.755. The Morgan fingerprint density at radius 1 is 1.10 bits per heavy atom. The quantitative estimate of drug-likeness (QED) is 0.292. The average Bonchev–Trinajstić information content (AvgIpc) is 3.41. The van der Waals surface area contributed by atoms with Gasteiger partial charge in [-0.15, -0.1) is 22.7 Å². The fourth-order valence-electron chi connectivity index (χ4n) is 2.74. The Kier molecular flexibility index (Phi) is 7.87. The van der Waals surface area contributed by atoms with E-state index >= 15 is 0 Å². The molecule has 0 aliphatic carbocycles. The van der Waals surface area contributed by atoms with Crippen LogP contribution in [0.25, 0.3) is 9.88 Å². The van der Waals surface area contributed by atoms with Gasteiger partial charge in [0.1, 0.15) is 5.01 Å². The standard InChI is InChI=1S/C22H22N2O4S2/c1-15(25)23-10-2-4-16-6-8-17(9-7-16)19(26)13-28-21(27)12-18-14-30-22(24-18)20-5-3-11-29-20/h3,5-9,11,14H,2,4,10,12-13H2,1H3,(H,23,25). The average molecular weight is 443 g/mol. The smallest absolute Gasteiger partial charge is 0.312 e. The summed E-state index contributed by atoms with van der Waals surface area (Å²) in [5, 5.41) is 7.45. The first-order valence-electron chi connectivity index (χ1n) is 9.52. The Morgan fingerprint density at radius 3 is 2.60 bits per heavy atom. The van der Waals surface area contributed by atoms with Crippen LogP contribution in [-0.2, 0) is 27.2 Å². The van der Waals surface area contributed by atoms with Gasteiger partial charge < -0.3 is 10.1 Å². The third-order valence-corrected chi connectivity index (χ3v) is 6.20. The highest BCUT2D eigenvalue weighted by Crippen LogP contribution is 2.27. The molecule has 156 valence electrons. The van der Waals surface area contributed by atoms with E-state index in [2.05, 4.69) is 10.3 Å². The van der Waals surface area contributed by atoms with Gasteiger partial charge in [-0.1, -0.05) is 30.3 Å². The Balaban J connectivity index is 1.42. The number of ketones is 1. The van der Waals surface area contributed by atoms with E-state index < -0.39 is 5.97 Å². The van der Waals surface area contributed by atoms with Crippen LogP contribution in [0.5, 0.6) is 0 Å². The fraction of sp³-hybridized carbons (Fsp3) is 0.273. The van der Waals surface area contributed by atoms with Crippen molar-refractivity contribution in [1.29, 1.82) is 0 Å². The third kappa shape index (κ3) is 6.60. The van der Waals surface area contributed by atoms with Gasteiger partial charge in [-0.05, 0) is 29.9 Å². The van der Waals surface area contributed by atoms with Crippen LogP contribution in [0.15, 0.2) is 47.2 Å². The second-order valence-electron chi connectivity index (χ2n) is 6.67. The van der Waals surface area contributed by atoms with Crippen molar-refractivity contribution in [3.05, 3.63) is 64.0 Å². The van der Waals surface area contributed by atoms with E-state index in [-0.39, 0.29) is 24.7 Å². The van der Waals surface area contributed by atoms with Crippen molar-refractivity contribution in [2.45, 2.75) is 26.2 Å². The van der Waals surface area contributed by atoms with Gasteiger partial charge in [0.05, 0.1) is 17.0 Å². The minimum atomic E-state index is -0.471. The van der Waals surface area contributed by atoms with Crippen LogP contribution in [0.1, 0.15) is 35.0 Å². The molecule has 3 aromatic rings. The van der Waals surface area contributed by atoms with Crippen LogP contribution < -0.4 is 5.32 Å². The van der Waals surface area contributed by atoms with Crippen LogP contribution in [-0.4, -0.2) is 35.8 Å². The van der Waals surface area contributed by atoms with Crippen LogP contribution in [0, 0.1) is 0 Å². The number of amides is 1. The summed E-state index contributed by atoms with van der Waals surface area (Å²) >= 11 is 3.08. The first kappa shape index (κ1) is 21.9. The lowest BCUT2D eigenvalue weighted by Crippen LogP contribution is -2.21. The number of ether oxygens (including phenoxy) is 1. The number of Topliss-reactive ketones (excluding diaryl/α,β-unsaturated/α-hetero) is 1. The maximum Gasteiger partial charge on any atom is 0.312 e. The number of hydrogen-bond donors (Lipinski definition) is 1. The molecule has 0 aliphatic heterocycles. The van der Waals surface area contributed by atoms with E-state index in [9.17, 15) is 14.4 Å². The fourth-order valence-corrected chi connectivity index (χ4v) is 4.38. The molecular formula is C22H22N2O4S2. The van der Waals surface area contributed by atoms with Crippen molar-refractivity contribution in [3.8, 4) is 9.88 Å². The molecule has 0 saturated carbocycles. The number of rotatable bonds is 10. The Morgan fingerprint density at radius 2 is 1.90 bits per heavy atom. The molecule has 0 atom stereocenters. The maximum atomic E-state index is 12.3. The molecule has 0 aliphatic rings. The first-order chi connectivity index (χ1) is 14.5. The summed E-state index contributed by atoms with van der Waals surface area (Å²) in [6, 6.07) is 11.2. The molecule has 1 aromatic carbocycles. The highest BCUT2D eigenvalue weighted by molar-refractivity contribution is 7.20. The number of aromatic nitrogens is 1. The van der Waals surface area contributed by atoms with Crippen molar-refractivity contribution in [2.24, 2.45) is 0 Å². The zero-order valence-electron chi connectivity index (χ0n) is 16.6. The lowest BCUT2D eigenvalue weighted by Gasteiger charge is -2.06. The minimum Gasteiger partial charge on any atom is -0.457 e. The minimum absolute atomic E-state index is 0.0387. The van der Waals surface area contributed by atoms with Gasteiger partial charge in [0.2, 0.25) is 5.91 Å². The summed E-state index contributed by atoms with van der Waals surface area (Å²) in [6.07, 6.45) is 1.68. The summed E-state index contributed by atoms with van der Waals surface area (Å²) in [7, 11) is 0. The number of thiophene rings is 1. The molecule has 0 fully saturated rings. The summed E-state index contributed by atoms with van der Waals surface area (Å²) in [6.45, 7) is 1.83. The summed E-state index contributed by atoms with van der Waals surface area (Å²) < 4.78 is 5.13. The van der Waals surface area contributed by atoms with Crippen molar-refractivity contribution in [2.75, 3.05) is 13.2 Å². The molecule has 6 nitrogen and oxygen atoms in total. The van der Waals surface area contributed by atoms with Gasteiger partial charge >= 0.3 is 5.97 Å². The third-order valence-electron chi connectivity index (χ3n) is 4.27. The van der Waals surface area contributed by atoms with Gasteiger partial charge in [0, 0.05) is 24.4 Å². The monoisotopic (exact) mass is 442 g/mol. The molecule has 0 radical (unpaired) electrons. The molecule has 2 heterocycles. The van der Waals surface area contributed by atoms with Gasteiger partial charge in [-0.25, -0.2) is 4.98 Å². The predicted octanol–water partition coefficient (Wildman–Crippen LogP) is 3.91. The molecule has 8 heteroatoms. The van der Waals surface area contributed by atoms with E-state index in [1.165, 1.54) is 18.3 Å². The normalized spacial score (nSPS) is 10.6. The van der Waals surface area contributed by atoms with Crippen LogP contribution in [0.2, 0.25) is 0 Å². The lowest BCUT2D eigenvalue weighted by molar-refractivity contribution is -0.141. The Hall–Kier alpha value is -2.84. The molecule has 3 rings (SSSR count). The molecule has 0 unspecified atom stereocenters. The number of benzene rings is 1. The SMILES string of the molecule is CC(=O)NCCCc1ccc(C(=O)COC(=O)Cc2csc(-c3cccs3)n2)cc1. The second-order valence-corrected chi connectivity index (χ2v) is 8.47. The van der Waals surface area contributed by atoms with E-state index in [4.69, 9.17) is 4.74 Å². The van der Waals surface area contributed by atoms with Crippen LogP contribution >= 0.6 is 22.7 Å². The molecule has 0 saturated heterocycles. The molecule has 0 bridgehead atoms. The largest absolute Gasteiger partial charge is 0.457 e. The summed E-state index contributed by atoms with van der Waals surface area (Å²) in [5.41, 5.74) is 2.23. The number of nitrogens with one attached hydrogen (secondary N) is 1. The number of nitrogens with zero attached hydrogens (tertiary/aromatic N) is 1. The molecule has 2 aromatic heterocycles. The van der Waals surface area contributed by atoms with Crippen molar-refractivity contribution < 1.29 is 19.1 Å². The molecule has 30 heavy (non-hydrogen) atoms. The van der Waals surface area contributed by atoms with Crippen molar-refractivity contribution >= 4 is 40.3 Å². The molecule has 0 spiro atoms. The summed E-state index contributed by atoms with van der Waals surface area (Å²) in [4.78, 5) is 40.7. The number of esters is 1. The molecule has 1 N–H and O–H groups in total. The first-order valence-corrected chi connectivity index (χ1v) is 11.3.